The molecule has 1 atom stereocenters. The van der Waals surface area contributed by atoms with Gasteiger partial charge in [-0.15, -0.1) is 0 Å². The van der Waals surface area contributed by atoms with E-state index in [2.05, 4.69) is 5.32 Å². The highest BCUT2D eigenvalue weighted by Gasteiger charge is 2.32. The van der Waals surface area contributed by atoms with E-state index in [0.717, 1.165) is 5.56 Å². The first-order chi connectivity index (χ1) is 9.61. The molecule has 0 saturated carbocycles. The number of carboxylic acid groups (broad SMARTS) is 1. The first kappa shape index (κ1) is 17.3. The Morgan fingerprint density at radius 3 is 2.48 bits per heavy atom. The Morgan fingerprint density at radius 2 is 2.00 bits per heavy atom. The summed E-state index contributed by atoms with van der Waals surface area (Å²) in [6.07, 6.45) is 0. The molecule has 0 radical (unpaired) electrons. The molecule has 0 aliphatic rings. The fourth-order valence-electron chi connectivity index (χ4n) is 1.71. The van der Waals surface area contributed by atoms with Crippen LogP contribution in [0.15, 0.2) is 18.2 Å². The molecular formula is C15H20ClNO4. The minimum absolute atomic E-state index is 0.249. The molecule has 1 aromatic rings. The van der Waals surface area contributed by atoms with Gasteiger partial charge in [-0.2, -0.15) is 0 Å². The normalized spacial score (nSPS) is 12.6. The van der Waals surface area contributed by atoms with E-state index in [1.54, 1.807) is 39.0 Å². The molecule has 21 heavy (non-hydrogen) atoms. The van der Waals surface area contributed by atoms with Crippen LogP contribution < -0.4 is 10.1 Å². The lowest BCUT2D eigenvalue weighted by atomic mass is 9.87. The standard InChI is InChI=1S/C15H20ClNO4/c1-9-7-10(5-6-11(9)16)21-8-12(18)17-13(14(19)20)15(2,3)4/h5-7,13H,8H2,1-4H3,(H,17,18)(H,19,20)/t13-/m1/s1. The lowest BCUT2D eigenvalue weighted by Crippen LogP contribution is -2.50. The number of hydrogen-bond acceptors (Lipinski definition) is 3. The molecular weight excluding hydrogens is 294 g/mol. The lowest BCUT2D eigenvalue weighted by Gasteiger charge is -2.27. The third kappa shape index (κ3) is 5.27. The summed E-state index contributed by atoms with van der Waals surface area (Å²) in [4.78, 5) is 23.0. The molecule has 116 valence electrons. The Bertz CT molecular complexity index is 537. The molecule has 5 nitrogen and oxygen atoms in total. The second kappa shape index (κ2) is 6.80. The zero-order valence-corrected chi connectivity index (χ0v) is 13.3. The van der Waals surface area contributed by atoms with E-state index in [-0.39, 0.29) is 6.61 Å². The molecule has 0 aliphatic heterocycles. The van der Waals surface area contributed by atoms with Gasteiger partial charge < -0.3 is 15.2 Å². The van der Waals surface area contributed by atoms with Gasteiger partial charge in [0.2, 0.25) is 0 Å². The maximum atomic E-state index is 11.8. The van der Waals surface area contributed by atoms with E-state index in [1.165, 1.54) is 0 Å². The Morgan fingerprint density at radius 1 is 1.38 bits per heavy atom. The quantitative estimate of drug-likeness (QED) is 0.876. The summed E-state index contributed by atoms with van der Waals surface area (Å²) in [6, 6.07) is 4.08. The topological polar surface area (TPSA) is 75.6 Å². The third-order valence-electron chi connectivity index (χ3n) is 2.92. The van der Waals surface area contributed by atoms with Crippen LogP contribution in [0, 0.1) is 12.3 Å². The Hall–Kier alpha value is -1.75. The number of aryl methyl sites for hydroxylation is 1. The molecule has 0 fully saturated rings. The van der Waals surface area contributed by atoms with Crippen LogP contribution in [-0.4, -0.2) is 29.6 Å². The number of halogens is 1. The molecule has 2 N–H and O–H groups in total. The fourth-order valence-corrected chi connectivity index (χ4v) is 1.82. The highest BCUT2D eigenvalue weighted by atomic mass is 35.5. The van der Waals surface area contributed by atoms with Crippen LogP contribution in [0.1, 0.15) is 26.3 Å². The molecule has 1 amide bonds. The van der Waals surface area contributed by atoms with Crippen LogP contribution in [0.25, 0.3) is 0 Å². The number of carbonyl (C=O) groups is 2. The van der Waals surface area contributed by atoms with Crippen LogP contribution in [-0.2, 0) is 9.59 Å². The lowest BCUT2D eigenvalue weighted by molar-refractivity contribution is -0.145. The number of amides is 1. The van der Waals surface area contributed by atoms with Crippen LogP contribution in [0.2, 0.25) is 5.02 Å². The van der Waals surface area contributed by atoms with Crippen LogP contribution in [0.5, 0.6) is 5.75 Å². The maximum Gasteiger partial charge on any atom is 0.326 e. The number of carboxylic acids is 1. The number of hydrogen-bond donors (Lipinski definition) is 2. The summed E-state index contributed by atoms with van der Waals surface area (Å²) in [5.41, 5.74) is 0.255. The van der Waals surface area contributed by atoms with Crippen molar-refractivity contribution in [3.8, 4) is 5.75 Å². The van der Waals surface area contributed by atoms with E-state index in [9.17, 15) is 9.59 Å². The molecule has 0 aliphatic carbocycles. The van der Waals surface area contributed by atoms with E-state index in [0.29, 0.717) is 10.8 Å². The smallest absolute Gasteiger partial charge is 0.326 e. The summed E-state index contributed by atoms with van der Waals surface area (Å²) >= 11 is 5.90. The van der Waals surface area contributed by atoms with E-state index < -0.39 is 23.3 Å². The number of aliphatic carboxylic acids is 1. The SMILES string of the molecule is Cc1cc(OCC(=O)N[C@H](C(=O)O)C(C)(C)C)ccc1Cl. The molecule has 0 heterocycles. The predicted molar refractivity (Wildman–Crippen MR) is 80.7 cm³/mol. The van der Waals surface area contributed by atoms with Gasteiger partial charge in [0.15, 0.2) is 6.61 Å². The number of carbonyl (C=O) groups excluding carboxylic acids is 1. The van der Waals surface area contributed by atoms with Gasteiger partial charge in [0.05, 0.1) is 0 Å². The van der Waals surface area contributed by atoms with Crippen LogP contribution >= 0.6 is 11.6 Å². The summed E-state index contributed by atoms with van der Waals surface area (Å²) in [7, 11) is 0. The van der Waals surface area contributed by atoms with Crippen molar-refractivity contribution in [3.05, 3.63) is 28.8 Å². The zero-order chi connectivity index (χ0) is 16.2. The third-order valence-corrected chi connectivity index (χ3v) is 3.34. The summed E-state index contributed by atoms with van der Waals surface area (Å²) < 4.78 is 5.33. The van der Waals surface area contributed by atoms with Gasteiger partial charge in [-0.25, -0.2) is 4.79 Å². The average Bonchev–Trinajstić information content (AvgIpc) is 2.35. The van der Waals surface area contributed by atoms with Crippen molar-refractivity contribution in [2.75, 3.05) is 6.61 Å². The van der Waals surface area contributed by atoms with Crippen molar-refractivity contribution in [1.29, 1.82) is 0 Å². The van der Waals surface area contributed by atoms with Crippen molar-refractivity contribution in [1.82, 2.24) is 5.32 Å². The summed E-state index contributed by atoms with van der Waals surface area (Å²) in [6.45, 7) is 6.82. The molecule has 6 heteroatoms. The minimum Gasteiger partial charge on any atom is -0.484 e. The maximum absolute atomic E-state index is 11.8. The van der Waals surface area contributed by atoms with Gasteiger partial charge in [0, 0.05) is 5.02 Å². The Kier molecular flexibility index (Phi) is 5.61. The van der Waals surface area contributed by atoms with Gasteiger partial charge >= 0.3 is 5.97 Å². The fraction of sp³-hybridized carbons (Fsp3) is 0.467. The van der Waals surface area contributed by atoms with E-state index >= 15 is 0 Å². The van der Waals surface area contributed by atoms with Gasteiger partial charge in [-0.05, 0) is 36.1 Å². The van der Waals surface area contributed by atoms with Gasteiger partial charge in [-0.3, -0.25) is 4.79 Å². The largest absolute Gasteiger partial charge is 0.484 e. The zero-order valence-electron chi connectivity index (χ0n) is 12.6. The molecule has 0 saturated heterocycles. The molecule has 0 aromatic heterocycles. The first-order valence-corrected chi connectivity index (χ1v) is 6.90. The summed E-state index contributed by atoms with van der Waals surface area (Å²) in [5, 5.41) is 12.2. The van der Waals surface area contributed by atoms with Crippen LogP contribution in [0.3, 0.4) is 0 Å². The first-order valence-electron chi connectivity index (χ1n) is 6.52. The number of ether oxygens (including phenoxy) is 1. The van der Waals surface area contributed by atoms with Crippen molar-refractivity contribution < 1.29 is 19.4 Å². The Balaban J connectivity index is 2.61. The van der Waals surface area contributed by atoms with E-state index in [4.69, 9.17) is 21.4 Å². The Labute approximate surface area is 129 Å². The number of benzene rings is 1. The second-order valence-corrected chi connectivity index (χ2v) is 6.31. The van der Waals surface area contributed by atoms with E-state index in [1.807, 2.05) is 6.92 Å². The van der Waals surface area contributed by atoms with Crippen LogP contribution in [0.4, 0.5) is 0 Å². The molecule has 0 unspecified atom stereocenters. The molecule has 1 aromatic carbocycles. The second-order valence-electron chi connectivity index (χ2n) is 5.90. The highest BCUT2D eigenvalue weighted by Crippen LogP contribution is 2.21. The summed E-state index contributed by atoms with van der Waals surface area (Å²) in [5.74, 6) is -1.04. The van der Waals surface area contributed by atoms with Gasteiger partial charge in [-0.1, -0.05) is 32.4 Å². The van der Waals surface area contributed by atoms with Crippen molar-refractivity contribution in [2.24, 2.45) is 5.41 Å². The van der Waals surface area contributed by atoms with Crippen molar-refractivity contribution in [3.63, 3.8) is 0 Å². The molecule has 0 spiro atoms. The monoisotopic (exact) mass is 313 g/mol. The molecule has 0 bridgehead atoms. The minimum atomic E-state index is -1.07. The van der Waals surface area contributed by atoms with Crippen molar-refractivity contribution in [2.45, 2.75) is 33.7 Å². The van der Waals surface area contributed by atoms with Gasteiger partial charge in [0.1, 0.15) is 11.8 Å². The number of rotatable bonds is 5. The number of nitrogens with one attached hydrogen (secondary N) is 1. The predicted octanol–water partition coefficient (Wildman–Crippen LogP) is 2.64. The highest BCUT2D eigenvalue weighted by molar-refractivity contribution is 6.31. The van der Waals surface area contributed by atoms with Crippen molar-refractivity contribution >= 4 is 23.5 Å². The molecule has 1 rings (SSSR count). The average molecular weight is 314 g/mol. The van der Waals surface area contributed by atoms with Gasteiger partial charge in [0.25, 0.3) is 5.91 Å².